The number of ether oxygens (including phenoxy) is 1. The summed E-state index contributed by atoms with van der Waals surface area (Å²) in [5.74, 6) is 0.0877. The monoisotopic (exact) mass is 311 g/mol. The molecular weight excluding hydrogens is 294 g/mol. The molecule has 1 aromatic carbocycles. The molecule has 1 heterocycles. The predicted octanol–water partition coefficient (Wildman–Crippen LogP) is 3.27. The summed E-state index contributed by atoms with van der Waals surface area (Å²) in [6, 6.07) is 6.18. The third-order valence-electron chi connectivity index (χ3n) is 3.55. The van der Waals surface area contributed by atoms with E-state index in [4.69, 9.17) is 4.74 Å². The summed E-state index contributed by atoms with van der Waals surface area (Å²) in [7, 11) is 2.03. The Morgan fingerprint density at radius 1 is 1.50 bits per heavy atom. The molecule has 98 valence electrons. The first kappa shape index (κ1) is 13.6. The van der Waals surface area contributed by atoms with Crippen LogP contribution >= 0.6 is 15.9 Å². The minimum absolute atomic E-state index is 0.0877. The number of hydrogen-bond donors (Lipinski definition) is 0. The Balaban J connectivity index is 2.35. The number of rotatable bonds is 3. The van der Waals surface area contributed by atoms with Gasteiger partial charge in [-0.15, -0.1) is 0 Å². The lowest BCUT2D eigenvalue weighted by atomic mass is 10.0. The standard InChI is InChI=1S/C14H18BrNO2/c1-9(17)12-8-11(15)4-5-14(12)16(3)13-6-7-18-10(13)2/h4-5,8,10,13H,6-7H2,1-3H3. The molecule has 0 aliphatic carbocycles. The fourth-order valence-corrected chi connectivity index (χ4v) is 2.87. The van der Waals surface area contributed by atoms with E-state index in [0.717, 1.165) is 28.8 Å². The Morgan fingerprint density at radius 2 is 2.22 bits per heavy atom. The fourth-order valence-electron chi connectivity index (χ4n) is 2.51. The van der Waals surface area contributed by atoms with Crippen LogP contribution in [0.5, 0.6) is 0 Å². The summed E-state index contributed by atoms with van der Waals surface area (Å²) in [6.07, 6.45) is 1.21. The van der Waals surface area contributed by atoms with Crippen molar-refractivity contribution in [1.29, 1.82) is 0 Å². The summed E-state index contributed by atoms with van der Waals surface area (Å²) < 4.78 is 6.53. The van der Waals surface area contributed by atoms with Gasteiger partial charge in [-0.25, -0.2) is 0 Å². The van der Waals surface area contributed by atoms with Crippen molar-refractivity contribution in [3.05, 3.63) is 28.2 Å². The molecular formula is C14H18BrNO2. The van der Waals surface area contributed by atoms with Crippen LogP contribution in [0, 0.1) is 0 Å². The molecule has 0 bridgehead atoms. The normalized spacial score (nSPS) is 23.1. The minimum atomic E-state index is 0.0877. The van der Waals surface area contributed by atoms with Crippen molar-refractivity contribution >= 4 is 27.4 Å². The van der Waals surface area contributed by atoms with Crippen molar-refractivity contribution in [2.75, 3.05) is 18.6 Å². The Hall–Kier alpha value is -0.870. The average Bonchev–Trinajstić information content (AvgIpc) is 2.74. The second kappa shape index (κ2) is 5.41. The molecule has 1 aromatic rings. The zero-order valence-electron chi connectivity index (χ0n) is 10.9. The van der Waals surface area contributed by atoms with E-state index in [0.29, 0.717) is 6.04 Å². The Bertz CT molecular complexity index is 461. The van der Waals surface area contributed by atoms with Crippen molar-refractivity contribution < 1.29 is 9.53 Å². The van der Waals surface area contributed by atoms with Gasteiger partial charge in [0.15, 0.2) is 5.78 Å². The number of carbonyl (C=O) groups is 1. The van der Waals surface area contributed by atoms with E-state index in [1.165, 1.54) is 0 Å². The first-order chi connectivity index (χ1) is 8.50. The van der Waals surface area contributed by atoms with Gasteiger partial charge in [0.2, 0.25) is 0 Å². The number of nitrogens with zero attached hydrogens (tertiary/aromatic N) is 1. The van der Waals surface area contributed by atoms with Gasteiger partial charge < -0.3 is 9.64 Å². The summed E-state index contributed by atoms with van der Waals surface area (Å²) in [5.41, 5.74) is 1.74. The zero-order valence-corrected chi connectivity index (χ0v) is 12.5. The lowest BCUT2D eigenvalue weighted by Gasteiger charge is -2.30. The number of ketones is 1. The summed E-state index contributed by atoms with van der Waals surface area (Å²) in [4.78, 5) is 13.9. The van der Waals surface area contributed by atoms with E-state index in [9.17, 15) is 4.79 Å². The van der Waals surface area contributed by atoms with Gasteiger partial charge >= 0.3 is 0 Å². The molecule has 0 radical (unpaired) electrons. The Labute approximate surface area is 116 Å². The molecule has 2 atom stereocenters. The Morgan fingerprint density at radius 3 is 2.78 bits per heavy atom. The SMILES string of the molecule is CC(=O)c1cc(Br)ccc1N(C)C1CCOC1C. The Kier molecular flexibility index (Phi) is 4.07. The molecule has 3 nitrogen and oxygen atoms in total. The molecule has 18 heavy (non-hydrogen) atoms. The van der Waals surface area contributed by atoms with Crippen LogP contribution in [0.15, 0.2) is 22.7 Å². The first-order valence-electron chi connectivity index (χ1n) is 6.15. The number of anilines is 1. The van der Waals surface area contributed by atoms with Crippen LogP contribution in [0.1, 0.15) is 30.6 Å². The van der Waals surface area contributed by atoms with Gasteiger partial charge in [0.05, 0.1) is 12.1 Å². The number of halogens is 1. The second-order valence-corrected chi connectivity index (χ2v) is 5.68. The third-order valence-corrected chi connectivity index (χ3v) is 4.04. The van der Waals surface area contributed by atoms with Crippen LogP contribution in [-0.4, -0.2) is 31.6 Å². The van der Waals surface area contributed by atoms with Gasteiger partial charge in [-0.2, -0.15) is 0 Å². The summed E-state index contributed by atoms with van der Waals surface area (Å²) in [5, 5.41) is 0. The van der Waals surface area contributed by atoms with Gasteiger partial charge in [-0.3, -0.25) is 4.79 Å². The van der Waals surface area contributed by atoms with Crippen molar-refractivity contribution in [3.63, 3.8) is 0 Å². The molecule has 0 spiro atoms. The van der Waals surface area contributed by atoms with Crippen LogP contribution in [0.4, 0.5) is 5.69 Å². The highest BCUT2D eigenvalue weighted by Crippen LogP contribution is 2.29. The number of Topliss-reactive ketones (excluding diaryl/α,β-unsaturated/α-hetero) is 1. The number of carbonyl (C=O) groups excluding carboxylic acids is 1. The van der Waals surface area contributed by atoms with Gasteiger partial charge in [0, 0.05) is 29.4 Å². The maximum Gasteiger partial charge on any atom is 0.161 e. The highest BCUT2D eigenvalue weighted by atomic mass is 79.9. The van der Waals surface area contributed by atoms with Crippen LogP contribution in [-0.2, 0) is 4.74 Å². The lowest BCUT2D eigenvalue weighted by Crippen LogP contribution is -2.37. The molecule has 1 saturated heterocycles. The molecule has 0 N–H and O–H groups in total. The smallest absolute Gasteiger partial charge is 0.161 e. The van der Waals surface area contributed by atoms with Gasteiger partial charge in [-0.05, 0) is 38.5 Å². The van der Waals surface area contributed by atoms with Crippen molar-refractivity contribution in [3.8, 4) is 0 Å². The van der Waals surface area contributed by atoms with Gasteiger partial charge in [0.25, 0.3) is 0 Å². The van der Waals surface area contributed by atoms with E-state index in [1.807, 2.05) is 25.2 Å². The molecule has 0 aromatic heterocycles. The molecule has 4 heteroatoms. The van der Waals surface area contributed by atoms with Crippen LogP contribution in [0.25, 0.3) is 0 Å². The van der Waals surface area contributed by atoms with E-state index in [1.54, 1.807) is 6.92 Å². The number of hydrogen-bond acceptors (Lipinski definition) is 3. The molecule has 1 aliphatic heterocycles. The summed E-state index contributed by atoms with van der Waals surface area (Å²) >= 11 is 3.41. The van der Waals surface area contributed by atoms with E-state index in [-0.39, 0.29) is 11.9 Å². The molecule has 0 amide bonds. The van der Waals surface area contributed by atoms with Crippen LogP contribution in [0.2, 0.25) is 0 Å². The van der Waals surface area contributed by atoms with Crippen molar-refractivity contribution in [2.24, 2.45) is 0 Å². The van der Waals surface area contributed by atoms with Gasteiger partial charge in [-0.1, -0.05) is 15.9 Å². The molecule has 2 unspecified atom stereocenters. The number of likely N-dealkylation sites (N-methyl/N-ethyl adjacent to an activating group) is 1. The summed E-state index contributed by atoms with van der Waals surface area (Å²) in [6.45, 7) is 4.48. The van der Waals surface area contributed by atoms with E-state index in [2.05, 4.69) is 27.8 Å². The average molecular weight is 312 g/mol. The van der Waals surface area contributed by atoms with Gasteiger partial charge in [0.1, 0.15) is 0 Å². The molecule has 1 aliphatic rings. The highest BCUT2D eigenvalue weighted by Gasteiger charge is 2.29. The van der Waals surface area contributed by atoms with E-state index >= 15 is 0 Å². The minimum Gasteiger partial charge on any atom is -0.376 e. The maximum atomic E-state index is 11.7. The highest BCUT2D eigenvalue weighted by molar-refractivity contribution is 9.10. The quantitative estimate of drug-likeness (QED) is 0.802. The van der Waals surface area contributed by atoms with Crippen LogP contribution < -0.4 is 4.90 Å². The zero-order chi connectivity index (χ0) is 13.3. The fraction of sp³-hybridized carbons (Fsp3) is 0.500. The first-order valence-corrected chi connectivity index (χ1v) is 6.95. The van der Waals surface area contributed by atoms with Crippen LogP contribution in [0.3, 0.4) is 0 Å². The van der Waals surface area contributed by atoms with E-state index < -0.39 is 0 Å². The topological polar surface area (TPSA) is 29.5 Å². The lowest BCUT2D eigenvalue weighted by molar-refractivity contribution is 0.101. The molecule has 0 saturated carbocycles. The third kappa shape index (κ3) is 2.59. The largest absolute Gasteiger partial charge is 0.376 e. The van der Waals surface area contributed by atoms with Crippen molar-refractivity contribution in [2.45, 2.75) is 32.4 Å². The molecule has 2 rings (SSSR count). The predicted molar refractivity (Wildman–Crippen MR) is 76.4 cm³/mol. The number of benzene rings is 1. The maximum absolute atomic E-state index is 11.7. The van der Waals surface area contributed by atoms with Crippen molar-refractivity contribution in [1.82, 2.24) is 0 Å². The molecule has 1 fully saturated rings. The second-order valence-electron chi connectivity index (χ2n) is 4.76.